The highest BCUT2D eigenvalue weighted by molar-refractivity contribution is 7.84. The summed E-state index contributed by atoms with van der Waals surface area (Å²) in [6.45, 7) is -0.345. The molecule has 9 N–H and O–H groups in total. The number of rotatable bonds is 11. The maximum Gasteiger partial charge on any atom is 0.362 e. The van der Waals surface area contributed by atoms with E-state index in [1.54, 1.807) is 0 Å². The molecule has 1 saturated heterocycles. The number of aliphatic imine (C=N–C) groups is 1. The number of hydrogen-bond acceptors (Lipinski definition) is 13. The molecule has 2 aromatic heterocycles. The average Bonchev–Trinajstić information content (AvgIpc) is 3.29. The van der Waals surface area contributed by atoms with E-state index in [2.05, 4.69) is 30.8 Å². The molecule has 2 atom stereocenters. The lowest BCUT2D eigenvalue weighted by atomic mass is 9.98. The molecule has 1 saturated carbocycles. The van der Waals surface area contributed by atoms with Crippen LogP contribution in [0.15, 0.2) is 21.7 Å². The number of thiazole rings is 1. The van der Waals surface area contributed by atoms with E-state index in [4.69, 9.17) is 22.0 Å². The summed E-state index contributed by atoms with van der Waals surface area (Å²) in [7, 11) is -5.00. The molecule has 21 heteroatoms. The molecule has 0 radical (unpaired) electrons. The van der Waals surface area contributed by atoms with Crippen molar-refractivity contribution in [2.24, 2.45) is 21.6 Å². The van der Waals surface area contributed by atoms with Gasteiger partial charge in [-0.1, -0.05) is 10.4 Å². The number of carbonyl (C=O) groups is 3. The summed E-state index contributed by atoms with van der Waals surface area (Å²) in [5, 5.41) is 24.4. The van der Waals surface area contributed by atoms with Crippen molar-refractivity contribution in [2.75, 3.05) is 5.73 Å². The fourth-order valence-corrected chi connectivity index (χ4v) is 4.83. The first-order chi connectivity index (χ1) is 17.8. The number of nitrogens with one attached hydrogen (secondary N) is 1. The van der Waals surface area contributed by atoms with Crippen molar-refractivity contribution in [2.45, 2.75) is 43.6 Å². The first-order valence-electron chi connectivity index (χ1n) is 10.6. The first-order valence-corrected chi connectivity index (χ1v) is 12.9. The number of carbonyl (C=O) groups excluding carboxylic acids is 2. The number of β-lactam (4-membered cyclic amide) rings is 1. The standard InChI is InChI=1S/C17H21N11O8S2/c18-15(19)21-3-7-4-27(26-24-7)5-9-11(13(30)28(9)38(33,34)35)23-12(29)10(8-6-37-16(20)22-8)25-36-17(1-2-17)14(31)32/h4,6,9,11H,1-3,5H2,(H2,20,22)(H,23,29)(H,31,32)(H4,18,19,21)(H,33,34,35)/b25-10+. The van der Waals surface area contributed by atoms with Gasteiger partial charge >= 0.3 is 16.3 Å². The maximum atomic E-state index is 13.1. The molecule has 3 heterocycles. The van der Waals surface area contributed by atoms with E-state index in [-0.39, 0.29) is 47.0 Å². The molecule has 0 bridgehead atoms. The van der Waals surface area contributed by atoms with Gasteiger partial charge < -0.3 is 32.5 Å². The minimum atomic E-state index is -5.00. The minimum absolute atomic E-state index is 0.0253. The quantitative estimate of drug-likeness (QED) is 0.0504. The van der Waals surface area contributed by atoms with Gasteiger partial charge in [-0.2, -0.15) is 8.42 Å². The lowest BCUT2D eigenvalue weighted by Crippen LogP contribution is -2.73. The summed E-state index contributed by atoms with van der Waals surface area (Å²) in [4.78, 5) is 50.0. The van der Waals surface area contributed by atoms with Crippen molar-refractivity contribution in [1.82, 2.24) is 29.6 Å². The van der Waals surface area contributed by atoms with E-state index in [9.17, 15) is 32.5 Å². The highest BCUT2D eigenvalue weighted by Crippen LogP contribution is 2.40. The van der Waals surface area contributed by atoms with E-state index in [1.807, 2.05) is 0 Å². The van der Waals surface area contributed by atoms with Crippen LogP contribution in [0.2, 0.25) is 0 Å². The van der Waals surface area contributed by atoms with Gasteiger partial charge in [-0.3, -0.25) is 14.1 Å². The molecule has 2 aromatic rings. The Balaban J connectivity index is 1.56. The molecule has 19 nitrogen and oxygen atoms in total. The molecule has 4 rings (SSSR count). The second kappa shape index (κ2) is 9.83. The highest BCUT2D eigenvalue weighted by atomic mass is 32.2. The number of anilines is 1. The van der Waals surface area contributed by atoms with Gasteiger partial charge in [0.05, 0.1) is 25.3 Å². The molecule has 2 unspecified atom stereocenters. The second-order valence-corrected chi connectivity index (χ2v) is 10.4. The summed E-state index contributed by atoms with van der Waals surface area (Å²) in [6.07, 6.45) is 1.70. The number of carboxylic acid groups (broad SMARTS) is 1. The van der Waals surface area contributed by atoms with Crippen LogP contribution in [-0.2, 0) is 42.6 Å². The lowest BCUT2D eigenvalue weighted by molar-refractivity contribution is -0.153. The fourth-order valence-electron chi connectivity index (χ4n) is 3.41. The topological polar surface area (TPSA) is 297 Å². The Morgan fingerprint density at radius 2 is 2.05 bits per heavy atom. The lowest BCUT2D eigenvalue weighted by Gasteiger charge is -2.43. The van der Waals surface area contributed by atoms with Crippen LogP contribution in [0.4, 0.5) is 5.13 Å². The van der Waals surface area contributed by atoms with Crippen LogP contribution in [0.3, 0.4) is 0 Å². The predicted octanol–water partition coefficient (Wildman–Crippen LogP) is -3.37. The van der Waals surface area contributed by atoms with Crippen LogP contribution in [0, 0.1) is 0 Å². The number of carboxylic acids is 1. The van der Waals surface area contributed by atoms with Crippen molar-refractivity contribution in [3.63, 3.8) is 0 Å². The summed E-state index contributed by atoms with van der Waals surface area (Å²) >= 11 is 0.962. The second-order valence-electron chi connectivity index (χ2n) is 8.20. The molecule has 0 spiro atoms. The third-order valence-electron chi connectivity index (χ3n) is 5.47. The minimum Gasteiger partial charge on any atom is -0.478 e. The summed E-state index contributed by atoms with van der Waals surface area (Å²) in [5.41, 5.74) is 14.3. The van der Waals surface area contributed by atoms with E-state index < -0.39 is 51.5 Å². The zero-order chi connectivity index (χ0) is 27.8. The number of oxime groups is 1. The number of aliphatic carboxylic acids is 1. The van der Waals surface area contributed by atoms with Crippen LogP contribution in [0.25, 0.3) is 0 Å². The number of aromatic nitrogens is 4. The smallest absolute Gasteiger partial charge is 0.362 e. The highest BCUT2D eigenvalue weighted by Gasteiger charge is 2.56. The zero-order valence-corrected chi connectivity index (χ0v) is 20.8. The Morgan fingerprint density at radius 3 is 2.61 bits per heavy atom. The predicted molar refractivity (Wildman–Crippen MR) is 127 cm³/mol. The van der Waals surface area contributed by atoms with Crippen molar-refractivity contribution in [3.05, 3.63) is 23.0 Å². The number of amides is 2. The van der Waals surface area contributed by atoms with Gasteiger partial charge in [0, 0.05) is 18.2 Å². The Kier molecular flexibility index (Phi) is 6.90. The van der Waals surface area contributed by atoms with Gasteiger partial charge in [0.25, 0.3) is 11.8 Å². The molecule has 2 aliphatic rings. The van der Waals surface area contributed by atoms with Gasteiger partial charge in [-0.05, 0) is 0 Å². The number of nitrogens with two attached hydrogens (primary N) is 3. The molecule has 204 valence electrons. The number of nitrogens with zero attached hydrogens (tertiary/aromatic N) is 7. The van der Waals surface area contributed by atoms with Gasteiger partial charge in [0.1, 0.15) is 17.4 Å². The summed E-state index contributed by atoms with van der Waals surface area (Å²) in [5.74, 6) is -3.65. The SMILES string of the molecule is NC(N)=NCc1cn(CC2C(NC(=O)/C(=N/OC3(C(=O)O)CC3)c3csc(N)n3)C(=O)N2S(=O)(=O)O)nn1. The van der Waals surface area contributed by atoms with Crippen LogP contribution in [0.1, 0.15) is 24.2 Å². The van der Waals surface area contributed by atoms with Gasteiger partial charge in [-0.25, -0.2) is 23.8 Å². The van der Waals surface area contributed by atoms with Crippen LogP contribution in [0.5, 0.6) is 0 Å². The van der Waals surface area contributed by atoms with Crippen LogP contribution < -0.4 is 22.5 Å². The Hall–Kier alpha value is -4.37. The zero-order valence-electron chi connectivity index (χ0n) is 19.2. The van der Waals surface area contributed by atoms with Crippen molar-refractivity contribution in [1.29, 1.82) is 0 Å². The van der Waals surface area contributed by atoms with Crippen molar-refractivity contribution >= 4 is 56.2 Å². The number of guanidine groups is 1. The summed E-state index contributed by atoms with van der Waals surface area (Å²) < 4.78 is 34.5. The fraction of sp³-hybridized carbons (Fsp3) is 0.412. The van der Waals surface area contributed by atoms with Crippen molar-refractivity contribution in [3.8, 4) is 0 Å². The molecule has 1 aliphatic carbocycles. The van der Waals surface area contributed by atoms with Crippen LogP contribution >= 0.6 is 11.3 Å². The summed E-state index contributed by atoms with van der Waals surface area (Å²) in [6, 6.07) is -2.79. The van der Waals surface area contributed by atoms with E-state index in [0.29, 0.717) is 5.69 Å². The molecule has 0 aromatic carbocycles. The Bertz CT molecular complexity index is 1440. The Morgan fingerprint density at radius 1 is 1.34 bits per heavy atom. The third kappa shape index (κ3) is 5.47. The monoisotopic (exact) mass is 571 g/mol. The normalized spacial score (nSPS) is 20.4. The van der Waals surface area contributed by atoms with E-state index in [0.717, 1.165) is 16.0 Å². The molecule has 1 aliphatic heterocycles. The molecule has 2 fully saturated rings. The van der Waals surface area contributed by atoms with Gasteiger partial charge in [-0.15, -0.1) is 16.4 Å². The molecule has 38 heavy (non-hydrogen) atoms. The first kappa shape index (κ1) is 26.7. The van der Waals surface area contributed by atoms with Crippen molar-refractivity contribution < 1.29 is 37.3 Å². The third-order valence-corrected chi connectivity index (χ3v) is 7.10. The molecular formula is C17H21N11O8S2. The van der Waals surface area contributed by atoms with Crippen LogP contribution in [-0.4, -0.2) is 89.5 Å². The maximum absolute atomic E-state index is 13.1. The average molecular weight is 572 g/mol. The van der Waals surface area contributed by atoms with Gasteiger partial charge in [0.2, 0.25) is 5.60 Å². The molecular weight excluding hydrogens is 550 g/mol. The van der Waals surface area contributed by atoms with Gasteiger partial charge in [0.15, 0.2) is 16.8 Å². The Labute approximate surface area is 217 Å². The van der Waals surface area contributed by atoms with E-state index in [1.165, 1.54) is 11.6 Å². The largest absolute Gasteiger partial charge is 0.478 e. The van der Waals surface area contributed by atoms with E-state index >= 15 is 0 Å². The number of nitrogen functional groups attached to an aromatic ring is 1. The number of hydrogen-bond donors (Lipinski definition) is 6. The molecule has 2 amide bonds.